The fourth-order valence-electron chi connectivity index (χ4n) is 3.71. The molecule has 0 radical (unpaired) electrons. The van der Waals surface area contributed by atoms with Crippen LogP contribution in [0.5, 0.6) is 0 Å². The van der Waals surface area contributed by atoms with E-state index in [2.05, 4.69) is 10.3 Å². The number of halogens is 1. The predicted octanol–water partition coefficient (Wildman–Crippen LogP) is 5.45. The lowest BCUT2D eigenvalue weighted by molar-refractivity contribution is 0.0635. The van der Waals surface area contributed by atoms with Gasteiger partial charge >= 0.3 is 0 Å². The Kier molecular flexibility index (Phi) is 8.49. The zero-order valence-electron chi connectivity index (χ0n) is 17.0. The summed E-state index contributed by atoms with van der Waals surface area (Å²) in [6, 6.07) is 8.01. The summed E-state index contributed by atoms with van der Waals surface area (Å²) >= 11 is 0. The molecule has 1 saturated heterocycles. The van der Waals surface area contributed by atoms with Crippen molar-refractivity contribution < 1.29 is 13.5 Å². The van der Waals surface area contributed by atoms with E-state index in [0.29, 0.717) is 18.0 Å². The zero-order chi connectivity index (χ0) is 19.6. The molecule has 1 fully saturated rings. The maximum absolute atomic E-state index is 14.1. The molecule has 154 valence electrons. The van der Waals surface area contributed by atoms with Gasteiger partial charge in [-0.25, -0.2) is 9.37 Å². The van der Waals surface area contributed by atoms with Crippen molar-refractivity contribution >= 4 is 0 Å². The number of aryl methyl sites for hydroxylation is 1. The number of aromatic nitrogens is 1. The van der Waals surface area contributed by atoms with Gasteiger partial charge in [0, 0.05) is 5.56 Å². The largest absolute Gasteiger partial charge is 0.444 e. The molecule has 1 aliphatic rings. The van der Waals surface area contributed by atoms with Crippen LogP contribution in [0.2, 0.25) is 0 Å². The topological polar surface area (TPSA) is 47.3 Å². The third-order valence-electron chi connectivity index (χ3n) is 5.43. The normalized spacial score (nSPS) is 18.7. The van der Waals surface area contributed by atoms with E-state index in [-0.39, 0.29) is 13.2 Å². The Hall–Kier alpha value is -1.72. The van der Waals surface area contributed by atoms with Crippen molar-refractivity contribution in [2.24, 2.45) is 5.92 Å². The van der Waals surface area contributed by atoms with Gasteiger partial charge < -0.3 is 14.5 Å². The molecule has 28 heavy (non-hydrogen) atoms. The van der Waals surface area contributed by atoms with Crippen molar-refractivity contribution in [1.29, 1.82) is 0 Å². The number of ether oxygens (including phenoxy) is 1. The smallest absolute Gasteiger partial charge is 0.226 e. The number of hydrogen-bond acceptors (Lipinski definition) is 4. The molecule has 4 nitrogen and oxygen atoms in total. The highest BCUT2D eigenvalue weighted by atomic mass is 19.1. The number of alkyl halides is 1. The molecule has 0 spiro atoms. The number of unbranched alkanes of at least 4 members (excludes halogenated alkanes) is 1. The molecule has 2 heterocycles. The van der Waals surface area contributed by atoms with Gasteiger partial charge in [-0.05, 0) is 63.7 Å². The molecule has 1 N–H and O–H groups in total. The second-order valence-electron chi connectivity index (χ2n) is 7.97. The average molecular weight is 389 g/mol. The Bertz CT molecular complexity index is 678. The fraction of sp³-hybridized carbons (Fsp3) is 0.609. The fourth-order valence-corrected chi connectivity index (χ4v) is 3.71. The van der Waals surface area contributed by atoms with E-state index in [4.69, 9.17) is 9.15 Å². The first-order chi connectivity index (χ1) is 13.7. The first kappa shape index (κ1) is 21.0. The Morgan fingerprint density at radius 1 is 1.25 bits per heavy atom. The highest BCUT2D eigenvalue weighted by Crippen LogP contribution is 2.20. The molecule has 0 amide bonds. The van der Waals surface area contributed by atoms with Crippen LogP contribution in [-0.2, 0) is 11.3 Å². The molecule has 2 aromatic rings. The van der Waals surface area contributed by atoms with Crippen LogP contribution in [0.4, 0.5) is 4.39 Å². The molecular weight excluding hydrogens is 355 g/mol. The molecule has 1 aliphatic heterocycles. The molecule has 0 aliphatic carbocycles. The van der Waals surface area contributed by atoms with E-state index in [9.17, 15) is 4.39 Å². The van der Waals surface area contributed by atoms with E-state index in [1.165, 1.54) is 31.2 Å². The van der Waals surface area contributed by atoms with E-state index in [1.54, 1.807) is 6.26 Å². The van der Waals surface area contributed by atoms with Crippen molar-refractivity contribution in [3.8, 4) is 11.5 Å². The maximum Gasteiger partial charge on any atom is 0.226 e. The van der Waals surface area contributed by atoms with E-state index < -0.39 is 6.17 Å². The molecule has 5 heteroatoms. The van der Waals surface area contributed by atoms with Gasteiger partial charge in [-0.3, -0.25) is 0 Å². The summed E-state index contributed by atoms with van der Waals surface area (Å²) in [7, 11) is 0. The van der Waals surface area contributed by atoms with Crippen LogP contribution >= 0.6 is 0 Å². The van der Waals surface area contributed by atoms with Crippen molar-refractivity contribution in [3.05, 3.63) is 41.8 Å². The van der Waals surface area contributed by atoms with Gasteiger partial charge in [-0.1, -0.05) is 37.0 Å². The second kappa shape index (κ2) is 11.3. The lowest BCUT2D eigenvalue weighted by Gasteiger charge is -2.14. The highest BCUT2D eigenvalue weighted by molar-refractivity contribution is 5.53. The van der Waals surface area contributed by atoms with Crippen LogP contribution < -0.4 is 5.32 Å². The summed E-state index contributed by atoms with van der Waals surface area (Å²) in [6.07, 6.45) is 8.44. The quantitative estimate of drug-likeness (QED) is 0.550. The summed E-state index contributed by atoms with van der Waals surface area (Å²) in [5.41, 5.74) is 2.83. The zero-order valence-corrected chi connectivity index (χ0v) is 17.0. The van der Waals surface area contributed by atoms with Crippen molar-refractivity contribution in [3.63, 3.8) is 0 Å². The van der Waals surface area contributed by atoms with Crippen LogP contribution in [0.25, 0.3) is 11.5 Å². The molecule has 2 unspecified atom stereocenters. The van der Waals surface area contributed by atoms with Crippen LogP contribution in [-0.4, -0.2) is 30.9 Å². The van der Waals surface area contributed by atoms with Crippen LogP contribution in [0.1, 0.15) is 56.2 Å². The lowest BCUT2D eigenvalue weighted by Crippen LogP contribution is -2.20. The monoisotopic (exact) mass is 388 g/mol. The van der Waals surface area contributed by atoms with Gasteiger partial charge in [0.05, 0.1) is 13.2 Å². The minimum atomic E-state index is -0.907. The van der Waals surface area contributed by atoms with Gasteiger partial charge in [0.15, 0.2) is 0 Å². The summed E-state index contributed by atoms with van der Waals surface area (Å²) in [5, 5.41) is 3.50. The maximum atomic E-state index is 14.1. The number of nitrogens with zero attached hydrogens (tertiary/aromatic N) is 1. The standard InChI is InChI=1S/C23H33FN2O2/c1-18-9-11-20(12-10-18)23-26-22(17-28-23)16-27-15-21(24)8-3-2-6-19-7-4-5-13-25-14-19/h9-12,17,19,21,25H,2-8,13-16H2,1H3. The SMILES string of the molecule is Cc1ccc(-c2nc(COCC(F)CCCCC3CCCCNC3)co2)cc1. The molecule has 2 atom stereocenters. The average Bonchev–Trinajstić information content (AvgIpc) is 3.01. The molecule has 0 bridgehead atoms. The van der Waals surface area contributed by atoms with Crippen molar-refractivity contribution in [2.75, 3.05) is 19.7 Å². The van der Waals surface area contributed by atoms with Gasteiger partial charge in [0.1, 0.15) is 18.1 Å². The molecular formula is C23H33FN2O2. The number of rotatable bonds is 10. The Labute approximate surface area is 167 Å². The first-order valence-electron chi connectivity index (χ1n) is 10.6. The van der Waals surface area contributed by atoms with Crippen molar-refractivity contribution in [2.45, 2.75) is 64.6 Å². The Morgan fingerprint density at radius 2 is 2.11 bits per heavy atom. The second-order valence-corrected chi connectivity index (χ2v) is 7.97. The van der Waals surface area contributed by atoms with Crippen LogP contribution in [0.15, 0.2) is 34.9 Å². The molecule has 1 aromatic carbocycles. The van der Waals surface area contributed by atoms with Crippen molar-refractivity contribution in [1.82, 2.24) is 10.3 Å². The third-order valence-corrected chi connectivity index (χ3v) is 5.43. The summed E-state index contributed by atoms with van der Waals surface area (Å²) < 4.78 is 25.1. The summed E-state index contributed by atoms with van der Waals surface area (Å²) in [6.45, 7) is 4.73. The van der Waals surface area contributed by atoms with E-state index in [0.717, 1.165) is 37.4 Å². The van der Waals surface area contributed by atoms with Gasteiger partial charge in [-0.15, -0.1) is 0 Å². The number of hydrogen-bond donors (Lipinski definition) is 1. The lowest BCUT2D eigenvalue weighted by atomic mass is 9.96. The van der Waals surface area contributed by atoms with E-state index in [1.807, 2.05) is 31.2 Å². The summed E-state index contributed by atoms with van der Waals surface area (Å²) in [4.78, 5) is 4.42. The molecule has 3 rings (SSSR count). The molecule has 0 saturated carbocycles. The van der Waals surface area contributed by atoms with Gasteiger partial charge in [-0.2, -0.15) is 0 Å². The Morgan fingerprint density at radius 3 is 2.96 bits per heavy atom. The third kappa shape index (κ3) is 7.02. The summed E-state index contributed by atoms with van der Waals surface area (Å²) in [5.74, 6) is 1.34. The number of benzene rings is 1. The van der Waals surface area contributed by atoms with Gasteiger partial charge in [0.25, 0.3) is 0 Å². The minimum absolute atomic E-state index is 0.123. The minimum Gasteiger partial charge on any atom is -0.444 e. The molecule has 1 aromatic heterocycles. The van der Waals surface area contributed by atoms with Crippen LogP contribution in [0.3, 0.4) is 0 Å². The number of oxazole rings is 1. The highest BCUT2D eigenvalue weighted by Gasteiger charge is 2.13. The Balaban J connectivity index is 1.29. The predicted molar refractivity (Wildman–Crippen MR) is 110 cm³/mol. The van der Waals surface area contributed by atoms with E-state index >= 15 is 0 Å². The first-order valence-corrected chi connectivity index (χ1v) is 10.6. The number of nitrogens with one attached hydrogen (secondary N) is 1. The van der Waals surface area contributed by atoms with Crippen LogP contribution in [0, 0.1) is 12.8 Å². The van der Waals surface area contributed by atoms with Gasteiger partial charge in [0.2, 0.25) is 5.89 Å².